The molecule has 1 aliphatic rings. The smallest absolute Gasteiger partial charge is 0.139 e. The monoisotopic (exact) mass is 458 g/mol. The van der Waals surface area contributed by atoms with E-state index in [0.29, 0.717) is 17.4 Å². The Morgan fingerprint density at radius 1 is 0.968 bits per heavy atom. The van der Waals surface area contributed by atoms with Crippen LogP contribution in [0.1, 0.15) is 87.1 Å². The van der Waals surface area contributed by atoms with E-state index in [2.05, 4.69) is 18.4 Å². The number of hydrazine groups is 1. The van der Waals surface area contributed by atoms with Gasteiger partial charge in [-0.2, -0.15) is 0 Å². The van der Waals surface area contributed by atoms with Crippen molar-refractivity contribution in [1.29, 1.82) is 0 Å². The van der Waals surface area contributed by atoms with Crippen molar-refractivity contribution >= 4 is 39.5 Å². The lowest BCUT2D eigenvalue weighted by molar-refractivity contribution is 0.557. The molecule has 3 rings (SSSR count). The minimum absolute atomic E-state index is 0.423. The van der Waals surface area contributed by atoms with Crippen LogP contribution < -0.4 is 11.3 Å². The molecular formula is C25H35ClN4S. The largest absolute Gasteiger partial charge is 0.310 e. The number of benzene rings is 1. The first kappa shape index (κ1) is 24.0. The van der Waals surface area contributed by atoms with Crippen LogP contribution in [0.4, 0.5) is 5.00 Å². The quantitative estimate of drug-likeness (QED) is 0.200. The van der Waals surface area contributed by atoms with Gasteiger partial charge in [-0.05, 0) is 25.0 Å². The van der Waals surface area contributed by atoms with Crippen LogP contribution in [0.25, 0.3) is 0 Å². The van der Waals surface area contributed by atoms with E-state index in [1.165, 1.54) is 69.1 Å². The van der Waals surface area contributed by atoms with Gasteiger partial charge < -0.3 is 5.43 Å². The van der Waals surface area contributed by atoms with Crippen molar-refractivity contribution in [3.63, 3.8) is 0 Å². The summed E-state index contributed by atoms with van der Waals surface area (Å²) in [5.41, 5.74) is 5.60. The Morgan fingerprint density at radius 3 is 2.32 bits per heavy atom. The van der Waals surface area contributed by atoms with Crippen molar-refractivity contribution in [2.45, 2.75) is 77.6 Å². The molecule has 2 heterocycles. The second kappa shape index (κ2) is 13.0. The molecule has 0 bridgehead atoms. The topological polar surface area (TPSA) is 62.8 Å². The molecule has 1 aliphatic heterocycles. The Balaban J connectivity index is 1.56. The first-order valence-corrected chi connectivity index (χ1v) is 12.9. The molecule has 31 heavy (non-hydrogen) atoms. The average molecular weight is 459 g/mol. The normalized spacial score (nSPS) is 13.4. The van der Waals surface area contributed by atoms with E-state index >= 15 is 0 Å². The number of hydrogen-bond acceptors (Lipinski definition) is 5. The summed E-state index contributed by atoms with van der Waals surface area (Å²) in [7, 11) is 0. The van der Waals surface area contributed by atoms with Crippen molar-refractivity contribution in [2.24, 2.45) is 15.8 Å². The highest BCUT2D eigenvalue weighted by Crippen LogP contribution is 2.36. The average Bonchev–Trinajstić information content (AvgIpc) is 3.09. The predicted molar refractivity (Wildman–Crippen MR) is 136 cm³/mol. The number of amidine groups is 1. The minimum atomic E-state index is 0.423. The third-order valence-corrected chi connectivity index (χ3v) is 7.13. The van der Waals surface area contributed by atoms with E-state index in [1.807, 2.05) is 24.3 Å². The van der Waals surface area contributed by atoms with Gasteiger partial charge in [0.05, 0.1) is 12.3 Å². The zero-order valence-corrected chi connectivity index (χ0v) is 20.2. The van der Waals surface area contributed by atoms with Gasteiger partial charge in [-0.15, -0.1) is 11.3 Å². The highest BCUT2D eigenvalue weighted by Gasteiger charge is 2.20. The minimum Gasteiger partial charge on any atom is -0.310 e. The molecule has 1 aromatic carbocycles. The third-order valence-electron chi connectivity index (χ3n) is 5.71. The van der Waals surface area contributed by atoms with Crippen molar-refractivity contribution in [1.82, 2.24) is 5.43 Å². The molecule has 0 aliphatic carbocycles. The predicted octanol–water partition coefficient (Wildman–Crippen LogP) is 7.21. The maximum absolute atomic E-state index is 6.48. The van der Waals surface area contributed by atoms with Crippen LogP contribution in [-0.4, -0.2) is 18.1 Å². The summed E-state index contributed by atoms with van der Waals surface area (Å²) in [4.78, 5) is 10.9. The Kier molecular flexibility index (Phi) is 10.0. The second-order valence-electron chi connectivity index (χ2n) is 8.21. The summed E-state index contributed by atoms with van der Waals surface area (Å²) >= 11 is 8.22. The fraction of sp³-hybridized carbons (Fsp3) is 0.520. The summed E-state index contributed by atoms with van der Waals surface area (Å²) in [6, 6.07) is 10.1. The van der Waals surface area contributed by atoms with Crippen molar-refractivity contribution in [3.05, 3.63) is 51.4 Å². The van der Waals surface area contributed by atoms with E-state index in [9.17, 15) is 0 Å². The van der Waals surface area contributed by atoms with Crippen molar-refractivity contribution in [3.8, 4) is 0 Å². The summed E-state index contributed by atoms with van der Waals surface area (Å²) in [5, 5.41) is 1.67. The molecular weight excluding hydrogens is 424 g/mol. The van der Waals surface area contributed by atoms with Crippen LogP contribution in [0.5, 0.6) is 0 Å². The van der Waals surface area contributed by atoms with Crippen LogP contribution in [0.15, 0.2) is 40.3 Å². The van der Waals surface area contributed by atoms with Crippen LogP contribution in [0.3, 0.4) is 0 Å². The number of nitrogens with one attached hydrogen (secondary N) is 1. The Bertz CT molecular complexity index is 887. The molecule has 0 saturated carbocycles. The third kappa shape index (κ3) is 7.16. The van der Waals surface area contributed by atoms with E-state index in [0.717, 1.165) is 28.3 Å². The second-order valence-corrected chi connectivity index (χ2v) is 9.73. The molecule has 0 fully saturated rings. The number of unbranched alkanes of at least 4 members (excludes halogenated alkanes) is 9. The molecule has 0 unspecified atom stereocenters. The first-order valence-electron chi connectivity index (χ1n) is 11.7. The lowest BCUT2D eigenvalue weighted by Crippen LogP contribution is -2.32. The van der Waals surface area contributed by atoms with Gasteiger partial charge in [-0.3, -0.25) is 4.99 Å². The van der Waals surface area contributed by atoms with Gasteiger partial charge in [0.25, 0.3) is 0 Å². The summed E-state index contributed by atoms with van der Waals surface area (Å²) in [5.74, 6) is 6.33. The zero-order valence-electron chi connectivity index (χ0n) is 18.6. The van der Waals surface area contributed by atoms with Gasteiger partial charge in [0.2, 0.25) is 0 Å². The van der Waals surface area contributed by atoms with E-state index < -0.39 is 0 Å². The van der Waals surface area contributed by atoms with E-state index in [4.69, 9.17) is 27.4 Å². The number of hydrogen-bond donors (Lipinski definition) is 2. The molecule has 1 aromatic heterocycles. The zero-order chi connectivity index (χ0) is 21.9. The van der Waals surface area contributed by atoms with Crippen LogP contribution in [0.2, 0.25) is 5.02 Å². The fourth-order valence-corrected chi connectivity index (χ4v) is 5.27. The molecule has 0 saturated heterocycles. The first-order chi connectivity index (χ1) is 15.2. The molecule has 0 spiro atoms. The number of nitrogens with zero attached hydrogens (tertiary/aromatic N) is 2. The molecule has 3 N–H and O–H groups in total. The van der Waals surface area contributed by atoms with Crippen molar-refractivity contribution < 1.29 is 0 Å². The number of thiophene rings is 1. The maximum Gasteiger partial charge on any atom is 0.139 e. The highest BCUT2D eigenvalue weighted by atomic mass is 35.5. The molecule has 0 atom stereocenters. The van der Waals surface area contributed by atoms with Crippen molar-refractivity contribution in [2.75, 3.05) is 6.54 Å². The molecule has 168 valence electrons. The molecule has 0 radical (unpaired) electrons. The maximum atomic E-state index is 6.48. The van der Waals surface area contributed by atoms with E-state index in [1.54, 1.807) is 11.3 Å². The molecule has 2 aromatic rings. The number of rotatable bonds is 12. The summed E-state index contributed by atoms with van der Waals surface area (Å²) in [6.07, 6.45) is 14.6. The van der Waals surface area contributed by atoms with Crippen LogP contribution in [-0.2, 0) is 6.42 Å². The fourth-order valence-electron chi connectivity index (χ4n) is 3.95. The lowest BCUT2D eigenvalue weighted by atomic mass is 10.0. The van der Waals surface area contributed by atoms with Gasteiger partial charge in [0.15, 0.2) is 0 Å². The van der Waals surface area contributed by atoms with Crippen LogP contribution in [0, 0.1) is 0 Å². The summed E-state index contributed by atoms with van der Waals surface area (Å²) < 4.78 is 0. The highest BCUT2D eigenvalue weighted by molar-refractivity contribution is 7.16. The SMILES string of the molecule is CCCCCCCCCCCCc1cc2c(s1)N=C(NN)CN=C2c1ccccc1Cl. The Hall–Kier alpha value is -1.69. The number of halogens is 1. The van der Waals surface area contributed by atoms with Crippen LogP contribution >= 0.6 is 22.9 Å². The number of aliphatic imine (C=N–C) groups is 2. The van der Waals surface area contributed by atoms with Gasteiger partial charge in [-0.1, -0.05) is 94.5 Å². The standard InChI is InChI=1S/C25H35ClN4S/c1-2-3-4-5-6-7-8-9-10-11-14-19-17-21-24(20-15-12-13-16-22(20)26)28-18-23(30-27)29-25(21)31-19/h12-13,15-17H,2-11,14,18,27H2,1H3,(H,29,30). The molecule has 4 nitrogen and oxygen atoms in total. The molecule has 6 heteroatoms. The van der Waals surface area contributed by atoms with Gasteiger partial charge >= 0.3 is 0 Å². The van der Waals surface area contributed by atoms with Gasteiger partial charge in [0.1, 0.15) is 10.8 Å². The van der Waals surface area contributed by atoms with E-state index in [-0.39, 0.29) is 0 Å². The Morgan fingerprint density at radius 2 is 1.65 bits per heavy atom. The number of aryl methyl sites for hydroxylation is 1. The van der Waals surface area contributed by atoms with Gasteiger partial charge in [0, 0.05) is 21.0 Å². The Labute approximate surface area is 196 Å². The number of nitrogens with two attached hydrogens (primary N) is 1. The lowest BCUT2D eigenvalue weighted by Gasteiger charge is -2.07. The molecule has 0 amide bonds. The number of fused-ring (bicyclic) bond motifs is 1. The van der Waals surface area contributed by atoms with Gasteiger partial charge in [-0.25, -0.2) is 10.8 Å². The summed E-state index contributed by atoms with van der Waals surface area (Å²) in [6.45, 7) is 2.70.